The highest BCUT2D eigenvalue weighted by Crippen LogP contribution is 2.30. The van der Waals surface area contributed by atoms with Gasteiger partial charge in [0.25, 0.3) is 0 Å². The van der Waals surface area contributed by atoms with Crippen molar-refractivity contribution in [3.05, 3.63) is 107 Å². The zero-order chi connectivity index (χ0) is 28.2. The molecule has 210 valence electrons. The fraction of sp³-hybridized carbons (Fsp3) is 0.281. The molecule has 0 spiro atoms. The molecule has 2 aliphatic heterocycles. The number of nitrogens with zero attached hydrogens (tertiary/aromatic N) is 3. The SMILES string of the molecule is O=C(Nc1ccc(OC(F)F)cc1)NC1CN(CC2=CC=C(C3=NC4=CC=CCC4N=C3c3ccccc3)CC2)C1. The highest BCUT2D eigenvalue weighted by Gasteiger charge is 2.30. The molecule has 41 heavy (non-hydrogen) atoms. The van der Waals surface area contributed by atoms with E-state index >= 15 is 0 Å². The number of ether oxygens (including phenoxy) is 1. The number of carbonyl (C=O) groups is 1. The van der Waals surface area contributed by atoms with Crippen LogP contribution in [0, 0.1) is 0 Å². The number of amides is 2. The Morgan fingerprint density at radius 3 is 2.54 bits per heavy atom. The molecule has 1 unspecified atom stereocenters. The van der Waals surface area contributed by atoms with Crippen LogP contribution in [0.2, 0.25) is 0 Å². The van der Waals surface area contributed by atoms with Crippen molar-refractivity contribution in [3.8, 4) is 5.75 Å². The van der Waals surface area contributed by atoms with Crippen LogP contribution < -0.4 is 15.4 Å². The monoisotopic (exact) mass is 555 g/mol. The number of carbonyl (C=O) groups excluding carboxylic acids is 1. The molecule has 1 fully saturated rings. The van der Waals surface area contributed by atoms with Crippen molar-refractivity contribution in [2.24, 2.45) is 9.98 Å². The molecule has 0 saturated carbocycles. The third-order valence-corrected chi connectivity index (χ3v) is 7.50. The minimum Gasteiger partial charge on any atom is -0.435 e. The van der Waals surface area contributed by atoms with Gasteiger partial charge >= 0.3 is 12.6 Å². The highest BCUT2D eigenvalue weighted by molar-refractivity contribution is 6.54. The summed E-state index contributed by atoms with van der Waals surface area (Å²) >= 11 is 0. The topological polar surface area (TPSA) is 78.3 Å². The predicted octanol–water partition coefficient (Wildman–Crippen LogP) is 5.90. The Labute approximate surface area is 237 Å². The Morgan fingerprint density at radius 2 is 1.80 bits per heavy atom. The summed E-state index contributed by atoms with van der Waals surface area (Å²) in [5.74, 6) is 0.0451. The van der Waals surface area contributed by atoms with Crippen LogP contribution in [0.3, 0.4) is 0 Å². The summed E-state index contributed by atoms with van der Waals surface area (Å²) in [7, 11) is 0. The van der Waals surface area contributed by atoms with Crippen LogP contribution >= 0.6 is 0 Å². The molecule has 6 rings (SSSR count). The molecule has 9 heteroatoms. The van der Waals surface area contributed by atoms with E-state index in [0.717, 1.165) is 61.6 Å². The standard InChI is InChI=1S/C32H31F2N5O2/c33-31(34)41-26-16-14-24(15-17-26)35-32(40)36-25-19-39(20-25)18-21-10-12-23(13-11-21)30-29(22-6-2-1-3-7-22)37-27-8-4-5-9-28(27)38-30/h1-7,9-10,12,14-17,25,27,31H,8,11,13,18-20H2,(H2,35,36,40). The number of alkyl halides is 2. The minimum absolute atomic E-state index is 0.0451. The zero-order valence-electron chi connectivity index (χ0n) is 22.5. The van der Waals surface area contributed by atoms with E-state index in [1.807, 2.05) is 18.2 Å². The maximum absolute atomic E-state index is 12.3. The Morgan fingerprint density at radius 1 is 1.00 bits per heavy atom. The van der Waals surface area contributed by atoms with Gasteiger partial charge in [0, 0.05) is 30.9 Å². The van der Waals surface area contributed by atoms with Gasteiger partial charge < -0.3 is 15.4 Å². The van der Waals surface area contributed by atoms with Gasteiger partial charge in [0.1, 0.15) is 5.75 Å². The quantitative estimate of drug-likeness (QED) is 0.426. The maximum atomic E-state index is 12.3. The molecule has 2 aliphatic carbocycles. The fourth-order valence-corrected chi connectivity index (χ4v) is 5.43. The van der Waals surface area contributed by atoms with Crippen LogP contribution in [-0.4, -0.2) is 60.7 Å². The smallest absolute Gasteiger partial charge is 0.387 e. The third kappa shape index (κ3) is 6.52. The molecule has 2 aromatic rings. The second-order valence-electron chi connectivity index (χ2n) is 10.5. The first-order valence-corrected chi connectivity index (χ1v) is 13.8. The number of likely N-dealkylation sites (tertiary alicyclic amines) is 1. The van der Waals surface area contributed by atoms with Gasteiger partial charge in [-0.2, -0.15) is 8.78 Å². The summed E-state index contributed by atoms with van der Waals surface area (Å²) < 4.78 is 28.9. The van der Waals surface area contributed by atoms with Crippen molar-refractivity contribution in [1.82, 2.24) is 10.2 Å². The summed E-state index contributed by atoms with van der Waals surface area (Å²) in [5, 5.41) is 5.69. The van der Waals surface area contributed by atoms with Crippen LogP contribution in [0.25, 0.3) is 0 Å². The zero-order valence-corrected chi connectivity index (χ0v) is 22.5. The number of anilines is 1. The lowest BCUT2D eigenvalue weighted by atomic mass is 9.88. The summed E-state index contributed by atoms with van der Waals surface area (Å²) in [6.45, 7) is -0.486. The van der Waals surface area contributed by atoms with Crippen LogP contribution in [0.4, 0.5) is 19.3 Å². The second kappa shape index (κ2) is 12.0. The van der Waals surface area contributed by atoms with Gasteiger partial charge in [-0.25, -0.2) is 9.79 Å². The first kappa shape index (κ1) is 26.8. The second-order valence-corrected chi connectivity index (χ2v) is 10.5. The van der Waals surface area contributed by atoms with E-state index in [0.29, 0.717) is 5.69 Å². The summed E-state index contributed by atoms with van der Waals surface area (Å²) in [6.07, 6.45) is 13.4. The molecule has 1 saturated heterocycles. The average molecular weight is 556 g/mol. The number of fused-ring (bicyclic) bond motifs is 1. The molecule has 0 aromatic heterocycles. The number of halogens is 2. The van der Waals surface area contributed by atoms with E-state index in [1.165, 1.54) is 35.4 Å². The van der Waals surface area contributed by atoms with Gasteiger partial charge in [-0.1, -0.05) is 60.2 Å². The lowest BCUT2D eigenvalue weighted by molar-refractivity contribution is -0.0498. The van der Waals surface area contributed by atoms with Gasteiger partial charge in [-0.3, -0.25) is 9.89 Å². The van der Waals surface area contributed by atoms with Crippen LogP contribution in [0.5, 0.6) is 5.75 Å². The third-order valence-electron chi connectivity index (χ3n) is 7.50. The predicted molar refractivity (Wildman–Crippen MR) is 157 cm³/mol. The molecule has 7 nitrogen and oxygen atoms in total. The Kier molecular flexibility index (Phi) is 7.86. The van der Waals surface area contributed by atoms with E-state index in [-0.39, 0.29) is 23.9 Å². The maximum Gasteiger partial charge on any atom is 0.387 e. The van der Waals surface area contributed by atoms with Gasteiger partial charge in [0.2, 0.25) is 0 Å². The van der Waals surface area contributed by atoms with E-state index in [4.69, 9.17) is 9.98 Å². The van der Waals surface area contributed by atoms with Crippen LogP contribution in [0.15, 0.2) is 112 Å². The normalized spacial score (nSPS) is 20.6. The Bertz CT molecular complexity index is 1470. The fourth-order valence-electron chi connectivity index (χ4n) is 5.43. The number of benzene rings is 2. The van der Waals surface area contributed by atoms with Crippen molar-refractivity contribution in [2.75, 3.05) is 25.0 Å². The molecule has 2 heterocycles. The molecule has 0 bridgehead atoms. The lowest BCUT2D eigenvalue weighted by Crippen LogP contribution is -2.60. The molecule has 1 atom stereocenters. The Balaban J connectivity index is 1.02. The highest BCUT2D eigenvalue weighted by atomic mass is 19.3. The molecule has 2 amide bonds. The van der Waals surface area contributed by atoms with Gasteiger partial charge in [0.05, 0.1) is 29.2 Å². The van der Waals surface area contributed by atoms with E-state index < -0.39 is 6.61 Å². The summed E-state index contributed by atoms with van der Waals surface area (Å²) in [6, 6.07) is 15.9. The molecule has 0 radical (unpaired) electrons. The van der Waals surface area contributed by atoms with Crippen molar-refractivity contribution in [2.45, 2.75) is 38.0 Å². The van der Waals surface area contributed by atoms with Gasteiger partial charge in [-0.05, 0) is 55.2 Å². The largest absolute Gasteiger partial charge is 0.435 e. The molecular formula is C32H31F2N5O2. The number of nitrogens with one attached hydrogen (secondary N) is 2. The molecule has 2 N–H and O–H groups in total. The molecule has 4 aliphatic rings. The van der Waals surface area contributed by atoms with E-state index in [9.17, 15) is 13.6 Å². The van der Waals surface area contributed by atoms with Crippen LogP contribution in [0.1, 0.15) is 24.8 Å². The van der Waals surface area contributed by atoms with Crippen molar-refractivity contribution < 1.29 is 18.3 Å². The molecule has 2 aromatic carbocycles. The van der Waals surface area contributed by atoms with E-state index in [1.54, 1.807) is 0 Å². The van der Waals surface area contributed by atoms with Gasteiger partial charge in [-0.15, -0.1) is 0 Å². The summed E-state index contributed by atoms with van der Waals surface area (Å²) in [4.78, 5) is 24.9. The number of hydrogen-bond acceptors (Lipinski definition) is 5. The summed E-state index contributed by atoms with van der Waals surface area (Å²) in [5.41, 5.74) is 7.13. The first-order valence-electron chi connectivity index (χ1n) is 13.8. The number of allylic oxidation sites excluding steroid dienone is 5. The Hall–Kier alpha value is -4.37. The number of hydrogen-bond donors (Lipinski definition) is 2. The van der Waals surface area contributed by atoms with Crippen LogP contribution in [-0.2, 0) is 0 Å². The molecular weight excluding hydrogens is 524 g/mol. The van der Waals surface area contributed by atoms with Crippen molar-refractivity contribution in [1.29, 1.82) is 0 Å². The first-order chi connectivity index (χ1) is 20.0. The number of urea groups is 1. The van der Waals surface area contributed by atoms with E-state index in [2.05, 4.69) is 62.8 Å². The average Bonchev–Trinajstić information content (AvgIpc) is 2.97. The van der Waals surface area contributed by atoms with Gasteiger partial charge in [0.15, 0.2) is 0 Å². The number of rotatable bonds is 8. The van der Waals surface area contributed by atoms with Crippen molar-refractivity contribution >= 4 is 23.1 Å². The minimum atomic E-state index is -2.88. The van der Waals surface area contributed by atoms with Crippen molar-refractivity contribution in [3.63, 3.8) is 0 Å². The number of aliphatic imine (C=N–C) groups is 2. The lowest BCUT2D eigenvalue weighted by Gasteiger charge is -2.40.